The number of nitrogens with one attached hydrogen (secondary N) is 1. The third kappa shape index (κ3) is 2.44. The Labute approximate surface area is 117 Å². The Balaban J connectivity index is 2.05. The lowest BCUT2D eigenvalue weighted by molar-refractivity contribution is 0.478. The third-order valence-electron chi connectivity index (χ3n) is 3.26. The van der Waals surface area contributed by atoms with Gasteiger partial charge in [-0.3, -0.25) is 0 Å². The Kier molecular flexibility index (Phi) is 3.40. The number of fused-ring (bicyclic) bond motifs is 1. The number of furan rings is 1. The topological polar surface area (TPSA) is 25.2 Å². The molecule has 1 N–H and O–H groups in total. The zero-order valence-electron chi connectivity index (χ0n) is 11.1. The van der Waals surface area contributed by atoms with E-state index in [1.807, 2.05) is 6.07 Å². The largest absolute Gasteiger partial charge is 0.459 e. The molecule has 0 saturated carbocycles. The maximum atomic E-state index is 6.00. The van der Waals surface area contributed by atoms with Crippen molar-refractivity contribution in [1.82, 2.24) is 5.32 Å². The van der Waals surface area contributed by atoms with Gasteiger partial charge in [-0.15, -0.1) is 0 Å². The molecule has 0 radical (unpaired) electrons. The van der Waals surface area contributed by atoms with Crippen molar-refractivity contribution in [3.8, 4) is 0 Å². The number of thiophene rings is 1. The van der Waals surface area contributed by atoms with E-state index in [2.05, 4.69) is 54.2 Å². The maximum absolute atomic E-state index is 6.00. The van der Waals surface area contributed by atoms with Crippen LogP contribution in [0.3, 0.4) is 0 Å². The van der Waals surface area contributed by atoms with Gasteiger partial charge in [-0.1, -0.05) is 18.6 Å². The second kappa shape index (κ2) is 5.19. The van der Waals surface area contributed by atoms with Crippen molar-refractivity contribution in [2.24, 2.45) is 0 Å². The molecule has 0 fully saturated rings. The lowest BCUT2D eigenvalue weighted by Gasteiger charge is -2.13. The summed E-state index contributed by atoms with van der Waals surface area (Å²) in [7, 11) is 0. The van der Waals surface area contributed by atoms with Gasteiger partial charge in [0, 0.05) is 5.39 Å². The van der Waals surface area contributed by atoms with Crippen molar-refractivity contribution in [1.29, 1.82) is 0 Å². The van der Waals surface area contributed by atoms with Gasteiger partial charge < -0.3 is 9.73 Å². The van der Waals surface area contributed by atoms with Crippen LogP contribution in [0, 0.1) is 6.92 Å². The molecule has 0 spiro atoms. The average molecular weight is 271 g/mol. The molecular formula is C16H17NOS. The van der Waals surface area contributed by atoms with Crippen LogP contribution in [0.25, 0.3) is 11.0 Å². The Hall–Kier alpha value is -1.58. The van der Waals surface area contributed by atoms with Gasteiger partial charge in [-0.25, -0.2) is 0 Å². The molecule has 2 heterocycles. The Morgan fingerprint density at radius 1 is 1.26 bits per heavy atom. The highest BCUT2D eigenvalue weighted by Crippen LogP contribution is 2.29. The van der Waals surface area contributed by atoms with E-state index in [1.54, 1.807) is 11.3 Å². The summed E-state index contributed by atoms with van der Waals surface area (Å²) in [6, 6.07) is 10.7. The van der Waals surface area contributed by atoms with Gasteiger partial charge >= 0.3 is 0 Å². The van der Waals surface area contributed by atoms with E-state index in [0.717, 1.165) is 17.9 Å². The highest BCUT2D eigenvalue weighted by atomic mass is 32.1. The minimum Gasteiger partial charge on any atom is -0.459 e. The van der Waals surface area contributed by atoms with Crippen molar-refractivity contribution < 1.29 is 4.42 Å². The Morgan fingerprint density at radius 3 is 2.89 bits per heavy atom. The SMILES string of the molecule is CCNC(c1ccsc1)c1cc2cc(C)ccc2o1. The zero-order chi connectivity index (χ0) is 13.2. The van der Waals surface area contributed by atoms with E-state index in [1.165, 1.54) is 16.5 Å². The molecule has 1 aromatic carbocycles. The third-order valence-corrected chi connectivity index (χ3v) is 3.96. The molecule has 0 aliphatic carbocycles. The summed E-state index contributed by atoms with van der Waals surface area (Å²) < 4.78 is 6.00. The van der Waals surface area contributed by atoms with Gasteiger partial charge in [0.25, 0.3) is 0 Å². The van der Waals surface area contributed by atoms with Gasteiger partial charge in [0.2, 0.25) is 0 Å². The number of hydrogen-bond acceptors (Lipinski definition) is 3. The van der Waals surface area contributed by atoms with E-state index in [-0.39, 0.29) is 6.04 Å². The summed E-state index contributed by atoms with van der Waals surface area (Å²) in [5, 5.41) is 8.94. The highest BCUT2D eigenvalue weighted by molar-refractivity contribution is 7.08. The van der Waals surface area contributed by atoms with Gasteiger partial charge in [0.05, 0.1) is 6.04 Å². The maximum Gasteiger partial charge on any atom is 0.134 e. The first kappa shape index (κ1) is 12.5. The van der Waals surface area contributed by atoms with Crippen molar-refractivity contribution in [2.45, 2.75) is 19.9 Å². The molecule has 0 aliphatic heterocycles. The van der Waals surface area contributed by atoms with Gasteiger partial charge in [-0.2, -0.15) is 11.3 Å². The average Bonchev–Trinajstić information content (AvgIpc) is 3.04. The molecule has 0 aliphatic rings. The summed E-state index contributed by atoms with van der Waals surface area (Å²) in [6.45, 7) is 5.13. The second-order valence-electron chi connectivity index (χ2n) is 4.74. The molecule has 2 aromatic heterocycles. The minimum atomic E-state index is 0.143. The van der Waals surface area contributed by atoms with Crippen LogP contribution in [0.5, 0.6) is 0 Å². The summed E-state index contributed by atoms with van der Waals surface area (Å²) in [4.78, 5) is 0. The number of rotatable bonds is 4. The van der Waals surface area contributed by atoms with E-state index in [4.69, 9.17) is 4.42 Å². The number of hydrogen-bond donors (Lipinski definition) is 1. The molecule has 0 bridgehead atoms. The fourth-order valence-electron chi connectivity index (χ4n) is 2.35. The first-order valence-electron chi connectivity index (χ1n) is 6.53. The predicted molar refractivity (Wildman–Crippen MR) is 80.8 cm³/mol. The molecule has 2 nitrogen and oxygen atoms in total. The van der Waals surface area contributed by atoms with Gasteiger partial charge in [0.1, 0.15) is 11.3 Å². The van der Waals surface area contributed by atoms with Crippen LogP contribution in [0.1, 0.15) is 29.9 Å². The van der Waals surface area contributed by atoms with Crippen LogP contribution in [0.4, 0.5) is 0 Å². The van der Waals surface area contributed by atoms with Crippen LogP contribution >= 0.6 is 11.3 Å². The standard InChI is InChI=1S/C16H17NOS/c1-3-17-16(12-6-7-19-10-12)15-9-13-8-11(2)4-5-14(13)18-15/h4-10,16-17H,3H2,1-2H3. The van der Waals surface area contributed by atoms with Crippen molar-refractivity contribution >= 4 is 22.3 Å². The smallest absolute Gasteiger partial charge is 0.134 e. The van der Waals surface area contributed by atoms with Crippen LogP contribution in [-0.4, -0.2) is 6.54 Å². The summed E-state index contributed by atoms with van der Waals surface area (Å²) in [5.74, 6) is 0.987. The van der Waals surface area contributed by atoms with Crippen molar-refractivity contribution in [3.63, 3.8) is 0 Å². The van der Waals surface area contributed by atoms with E-state index in [0.29, 0.717) is 0 Å². The van der Waals surface area contributed by atoms with E-state index >= 15 is 0 Å². The normalized spacial score (nSPS) is 12.9. The zero-order valence-corrected chi connectivity index (χ0v) is 12.0. The Bertz CT molecular complexity index is 669. The first-order chi connectivity index (χ1) is 9.28. The molecule has 0 saturated heterocycles. The number of benzene rings is 1. The molecular weight excluding hydrogens is 254 g/mol. The summed E-state index contributed by atoms with van der Waals surface area (Å²) >= 11 is 1.72. The highest BCUT2D eigenvalue weighted by Gasteiger charge is 2.17. The van der Waals surface area contributed by atoms with Crippen LogP contribution in [0.2, 0.25) is 0 Å². The van der Waals surface area contributed by atoms with Crippen LogP contribution in [0.15, 0.2) is 45.5 Å². The molecule has 19 heavy (non-hydrogen) atoms. The summed E-state index contributed by atoms with van der Waals surface area (Å²) in [5.41, 5.74) is 3.48. The van der Waals surface area contributed by atoms with Gasteiger partial charge in [-0.05, 0) is 54.1 Å². The second-order valence-corrected chi connectivity index (χ2v) is 5.52. The molecule has 1 unspecified atom stereocenters. The predicted octanol–water partition coefficient (Wildman–Crippen LogP) is 4.50. The molecule has 3 rings (SSSR count). The van der Waals surface area contributed by atoms with Crippen molar-refractivity contribution in [2.75, 3.05) is 6.54 Å². The minimum absolute atomic E-state index is 0.143. The first-order valence-corrected chi connectivity index (χ1v) is 7.48. The Morgan fingerprint density at radius 2 is 2.16 bits per heavy atom. The van der Waals surface area contributed by atoms with Crippen LogP contribution in [-0.2, 0) is 0 Å². The van der Waals surface area contributed by atoms with Gasteiger partial charge in [0.15, 0.2) is 0 Å². The monoisotopic (exact) mass is 271 g/mol. The number of aryl methyl sites for hydroxylation is 1. The molecule has 3 heteroatoms. The molecule has 0 amide bonds. The fourth-order valence-corrected chi connectivity index (χ4v) is 3.04. The lowest BCUT2D eigenvalue weighted by atomic mass is 10.1. The molecule has 98 valence electrons. The quantitative estimate of drug-likeness (QED) is 0.755. The van der Waals surface area contributed by atoms with E-state index in [9.17, 15) is 0 Å². The fraction of sp³-hybridized carbons (Fsp3) is 0.250. The molecule has 3 aromatic rings. The summed E-state index contributed by atoms with van der Waals surface area (Å²) in [6.07, 6.45) is 0. The van der Waals surface area contributed by atoms with Crippen LogP contribution < -0.4 is 5.32 Å². The van der Waals surface area contributed by atoms with Crippen molar-refractivity contribution in [3.05, 3.63) is 58.0 Å². The molecule has 1 atom stereocenters. The lowest BCUT2D eigenvalue weighted by Crippen LogP contribution is -2.20. The van der Waals surface area contributed by atoms with E-state index < -0.39 is 0 Å².